The molecule has 1 aromatic heterocycles. The molecule has 0 fully saturated rings. The van der Waals surface area contributed by atoms with Gasteiger partial charge in [-0.15, -0.1) is 0 Å². The third kappa shape index (κ3) is 7.61. The summed E-state index contributed by atoms with van der Waals surface area (Å²) < 4.78 is 40.1. The van der Waals surface area contributed by atoms with Crippen molar-refractivity contribution in [3.8, 4) is 0 Å². The maximum absolute atomic E-state index is 11.8. The fourth-order valence-corrected chi connectivity index (χ4v) is 1.41. The number of aromatic nitrogens is 1. The number of aryl methyl sites for hydroxylation is 2. The fraction of sp³-hybridized carbons (Fsp3) is 0.538. The number of rotatable bonds is 3. The SMILES string of the molecule is CNC(=O)C(C)NC(C)=O.Cc1nc(C)c(NC(=O)C(F)(F)F)o1. The molecule has 0 aliphatic carbocycles. The Hall–Kier alpha value is -2.59. The first-order valence-corrected chi connectivity index (χ1v) is 6.69. The lowest BCUT2D eigenvalue weighted by molar-refractivity contribution is -0.167. The van der Waals surface area contributed by atoms with Crippen molar-refractivity contribution in [3.05, 3.63) is 11.6 Å². The van der Waals surface area contributed by atoms with Crippen molar-refractivity contribution >= 4 is 23.6 Å². The topological polar surface area (TPSA) is 113 Å². The zero-order chi connectivity index (χ0) is 19.1. The Labute approximate surface area is 136 Å². The summed E-state index contributed by atoms with van der Waals surface area (Å²) in [5.41, 5.74) is 0.208. The minimum atomic E-state index is -4.92. The molecule has 136 valence electrons. The van der Waals surface area contributed by atoms with Gasteiger partial charge in [0.15, 0.2) is 5.89 Å². The molecule has 1 unspecified atom stereocenters. The van der Waals surface area contributed by atoms with Gasteiger partial charge in [0, 0.05) is 20.9 Å². The van der Waals surface area contributed by atoms with Crippen LogP contribution in [0.3, 0.4) is 0 Å². The van der Waals surface area contributed by atoms with Crippen LogP contribution in [0.4, 0.5) is 19.1 Å². The first kappa shape index (κ1) is 21.4. The second kappa shape index (κ2) is 8.89. The van der Waals surface area contributed by atoms with E-state index in [1.54, 1.807) is 12.2 Å². The molecule has 0 radical (unpaired) electrons. The third-order valence-corrected chi connectivity index (χ3v) is 2.45. The van der Waals surface area contributed by atoms with Gasteiger partial charge in [0.25, 0.3) is 0 Å². The van der Waals surface area contributed by atoms with Crippen LogP contribution in [0.5, 0.6) is 0 Å². The summed E-state index contributed by atoms with van der Waals surface area (Å²) in [7, 11) is 1.53. The van der Waals surface area contributed by atoms with E-state index in [1.165, 1.54) is 27.8 Å². The van der Waals surface area contributed by atoms with E-state index < -0.39 is 18.1 Å². The van der Waals surface area contributed by atoms with Gasteiger partial charge in [-0.25, -0.2) is 4.98 Å². The van der Waals surface area contributed by atoms with Gasteiger partial charge in [0.1, 0.15) is 11.7 Å². The number of carbonyl (C=O) groups excluding carboxylic acids is 3. The standard InChI is InChI=1S/C7H7F3N2O2.C6H12N2O2/c1-3-5(14-4(2)11-3)12-6(13)7(8,9)10;1-4(6(10)7-3)8-5(2)9/h1-2H3,(H,12,13);4H,1-3H3,(H,7,10)(H,8,9). The van der Waals surface area contributed by atoms with Gasteiger partial charge in [-0.2, -0.15) is 13.2 Å². The van der Waals surface area contributed by atoms with Crippen LogP contribution in [0.25, 0.3) is 0 Å². The highest BCUT2D eigenvalue weighted by Gasteiger charge is 2.39. The van der Waals surface area contributed by atoms with Crippen LogP contribution < -0.4 is 16.0 Å². The van der Waals surface area contributed by atoms with Crippen LogP contribution in [0.1, 0.15) is 25.4 Å². The molecule has 1 aromatic rings. The molecule has 3 amide bonds. The zero-order valence-corrected chi connectivity index (χ0v) is 13.8. The molecule has 24 heavy (non-hydrogen) atoms. The second-order valence-corrected chi connectivity index (χ2v) is 4.64. The molecule has 1 heterocycles. The molecule has 0 spiro atoms. The van der Waals surface area contributed by atoms with E-state index >= 15 is 0 Å². The predicted octanol–water partition coefficient (Wildman–Crippen LogP) is 1.05. The summed E-state index contributed by atoms with van der Waals surface area (Å²) in [4.78, 5) is 35.3. The third-order valence-electron chi connectivity index (χ3n) is 2.45. The molecule has 0 saturated heterocycles. The number of carbonyl (C=O) groups is 3. The van der Waals surface area contributed by atoms with Crippen LogP contribution in [0.2, 0.25) is 0 Å². The Balaban J connectivity index is 0.000000470. The smallest absolute Gasteiger partial charge is 0.425 e. The van der Waals surface area contributed by atoms with E-state index in [4.69, 9.17) is 4.42 Å². The lowest BCUT2D eigenvalue weighted by Gasteiger charge is -2.09. The van der Waals surface area contributed by atoms with Gasteiger partial charge in [-0.1, -0.05) is 0 Å². The number of amides is 3. The van der Waals surface area contributed by atoms with Crippen molar-refractivity contribution < 1.29 is 32.0 Å². The Morgan fingerprint density at radius 3 is 2.08 bits per heavy atom. The number of hydrogen-bond donors (Lipinski definition) is 3. The Bertz CT molecular complexity index is 599. The van der Waals surface area contributed by atoms with Crippen molar-refractivity contribution in [2.45, 2.75) is 39.9 Å². The summed E-state index contributed by atoms with van der Waals surface area (Å²) in [6, 6.07) is -0.442. The Kier molecular flexibility index (Phi) is 7.93. The van der Waals surface area contributed by atoms with Crippen molar-refractivity contribution in [3.63, 3.8) is 0 Å². The molecule has 8 nitrogen and oxygen atoms in total. The number of hydrogen-bond acceptors (Lipinski definition) is 5. The van der Waals surface area contributed by atoms with E-state index in [0.717, 1.165) is 0 Å². The predicted molar refractivity (Wildman–Crippen MR) is 78.0 cm³/mol. The van der Waals surface area contributed by atoms with E-state index in [-0.39, 0.29) is 29.3 Å². The van der Waals surface area contributed by atoms with Crippen LogP contribution in [-0.4, -0.2) is 42.0 Å². The summed E-state index contributed by atoms with van der Waals surface area (Å²) in [6.45, 7) is 5.90. The number of nitrogens with zero attached hydrogens (tertiary/aromatic N) is 1. The molecule has 11 heteroatoms. The van der Waals surface area contributed by atoms with Gasteiger partial charge in [-0.05, 0) is 13.8 Å². The minimum absolute atomic E-state index is 0.185. The van der Waals surface area contributed by atoms with Crippen molar-refractivity contribution in [1.82, 2.24) is 15.6 Å². The molecule has 3 N–H and O–H groups in total. The van der Waals surface area contributed by atoms with Gasteiger partial charge in [0.05, 0.1) is 0 Å². The molecule has 0 saturated carbocycles. The van der Waals surface area contributed by atoms with Crippen LogP contribution in [0, 0.1) is 13.8 Å². The van der Waals surface area contributed by atoms with E-state index in [0.29, 0.717) is 0 Å². The second-order valence-electron chi connectivity index (χ2n) is 4.64. The van der Waals surface area contributed by atoms with Gasteiger partial charge in [-0.3, -0.25) is 19.7 Å². The molecular formula is C13H19F3N4O4. The lowest BCUT2D eigenvalue weighted by Crippen LogP contribution is -2.42. The number of nitrogens with one attached hydrogen (secondary N) is 3. The number of alkyl halides is 3. The van der Waals surface area contributed by atoms with Gasteiger partial charge < -0.3 is 15.1 Å². The van der Waals surface area contributed by atoms with Crippen LogP contribution in [0.15, 0.2) is 4.42 Å². The molecule has 0 aliphatic rings. The number of oxazole rings is 1. The Morgan fingerprint density at radius 1 is 1.21 bits per heavy atom. The van der Waals surface area contributed by atoms with Gasteiger partial charge >= 0.3 is 12.1 Å². The lowest BCUT2D eigenvalue weighted by atomic mass is 10.3. The molecule has 0 aromatic carbocycles. The first-order chi connectivity index (χ1) is 10.9. The maximum atomic E-state index is 11.8. The van der Waals surface area contributed by atoms with Crippen molar-refractivity contribution in [2.75, 3.05) is 12.4 Å². The highest BCUT2D eigenvalue weighted by molar-refractivity contribution is 5.94. The van der Waals surface area contributed by atoms with Crippen molar-refractivity contribution in [1.29, 1.82) is 0 Å². The molecule has 0 aliphatic heterocycles. The largest absolute Gasteiger partial charge is 0.471 e. The van der Waals surface area contributed by atoms with Crippen LogP contribution >= 0.6 is 0 Å². The summed E-state index contributed by atoms with van der Waals surface area (Å²) in [6.07, 6.45) is -4.92. The van der Waals surface area contributed by atoms with E-state index in [1.807, 2.05) is 0 Å². The Morgan fingerprint density at radius 2 is 1.75 bits per heavy atom. The summed E-state index contributed by atoms with van der Waals surface area (Å²) >= 11 is 0. The average molecular weight is 352 g/mol. The highest BCUT2D eigenvalue weighted by atomic mass is 19.4. The molecule has 1 atom stereocenters. The molecule has 0 bridgehead atoms. The normalized spacial score (nSPS) is 11.7. The fourth-order valence-electron chi connectivity index (χ4n) is 1.41. The zero-order valence-electron chi connectivity index (χ0n) is 13.8. The highest BCUT2D eigenvalue weighted by Crippen LogP contribution is 2.20. The van der Waals surface area contributed by atoms with Crippen LogP contribution in [-0.2, 0) is 14.4 Å². The molecular weight excluding hydrogens is 333 g/mol. The van der Waals surface area contributed by atoms with E-state index in [9.17, 15) is 27.6 Å². The summed E-state index contributed by atoms with van der Waals surface area (Å²) in [5.74, 6) is -2.53. The number of likely N-dealkylation sites (N-methyl/N-ethyl adjacent to an activating group) is 1. The minimum Gasteiger partial charge on any atom is -0.425 e. The molecule has 1 rings (SSSR count). The van der Waals surface area contributed by atoms with E-state index in [2.05, 4.69) is 15.6 Å². The number of anilines is 1. The summed E-state index contributed by atoms with van der Waals surface area (Å²) in [5, 5.41) is 6.44. The monoisotopic (exact) mass is 352 g/mol. The maximum Gasteiger partial charge on any atom is 0.471 e. The van der Waals surface area contributed by atoms with Gasteiger partial charge in [0.2, 0.25) is 17.7 Å². The first-order valence-electron chi connectivity index (χ1n) is 6.69. The van der Waals surface area contributed by atoms with Crippen molar-refractivity contribution in [2.24, 2.45) is 0 Å². The number of halogens is 3. The average Bonchev–Trinajstić information content (AvgIpc) is 2.74. The quantitative estimate of drug-likeness (QED) is 0.752.